The van der Waals surface area contributed by atoms with E-state index in [0.717, 1.165) is 5.56 Å². The Labute approximate surface area is 209 Å². The standard InChI is InChI=1S/C26H30N4O6/c1-28(10-11-31)24(32)15-29-14-18-4-5-19(12-21(18)25(29)33)30-9-8-22(26(30)34)36-20-6-7-23(27-13-20)35-16-17-2-3-17/h4-7,12-13,17,22,31H,2-3,8-11,14-16H2,1H3. The number of amides is 3. The fourth-order valence-corrected chi connectivity index (χ4v) is 4.40. The molecule has 5 rings (SSSR count). The number of pyridine rings is 1. The lowest BCUT2D eigenvalue weighted by Crippen LogP contribution is -2.39. The molecule has 36 heavy (non-hydrogen) atoms. The van der Waals surface area contributed by atoms with Crippen molar-refractivity contribution in [2.45, 2.75) is 31.9 Å². The van der Waals surface area contributed by atoms with Crippen LogP contribution in [0.2, 0.25) is 0 Å². The van der Waals surface area contributed by atoms with Crippen LogP contribution in [0.15, 0.2) is 36.5 Å². The lowest BCUT2D eigenvalue weighted by Gasteiger charge is -2.20. The number of aliphatic hydroxyl groups is 1. The van der Waals surface area contributed by atoms with Gasteiger partial charge in [0.05, 0.1) is 19.4 Å². The van der Waals surface area contributed by atoms with Crippen LogP contribution < -0.4 is 14.4 Å². The van der Waals surface area contributed by atoms with Crippen LogP contribution in [0.3, 0.4) is 0 Å². The first-order valence-electron chi connectivity index (χ1n) is 12.3. The van der Waals surface area contributed by atoms with Gasteiger partial charge in [0.1, 0.15) is 12.3 Å². The number of ether oxygens (including phenoxy) is 2. The molecule has 2 aromatic rings. The second-order valence-electron chi connectivity index (χ2n) is 9.51. The average molecular weight is 495 g/mol. The number of aliphatic hydroxyl groups excluding tert-OH is 1. The van der Waals surface area contributed by atoms with Crippen LogP contribution in [-0.2, 0) is 16.1 Å². The van der Waals surface area contributed by atoms with Gasteiger partial charge in [-0.05, 0) is 42.5 Å². The Bertz CT molecular complexity index is 1150. The van der Waals surface area contributed by atoms with Gasteiger partial charge in [-0.3, -0.25) is 14.4 Å². The molecule has 2 fully saturated rings. The first-order valence-corrected chi connectivity index (χ1v) is 12.3. The second-order valence-corrected chi connectivity index (χ2v) is 9.51. The van der Waals surface area contributed by atoms with Crippen molar-refractivity contribution < 1.29 is 29.0 Å². The summed E-state index contributed by atoms with van der Waals surface area (Å²) >= 11 is 0. The summed E-state index contributed by atoms with van der Waals surface area (Å²) in [5, 5.41) is 9.02. The maximum absolute atomic E-state index is 13.1. The Morgan fingerprint density at radius 2 is 2.03 bits per heavy atom. The monoisotopic (exact) mass is 494 g/mol. The largest absolute Gasteiger partial charge is 0.479 e. The molecular formula is C26H30N4O6. The Balaban J connectivity index is 1.19. The van der Waals surface area contributed by atoms with Gasteiger partial charge in [0.25, 0.3) is 11.8 Å². The molecule has 1 aromatic carbocycles. The number of benzene rings is 1. The molecule has 0 spiro atoms. The zero-order valence-electron chi connectivity index (χ0n) is 20.3. The van der Waals surface area contributed by atoms with E-state index < -0.39 is 6.10 Å². The minimum atomic E-state index is -0.634. The van der Waals surface area contributed by atoms with Gasteiger partial charge in [-0.1, -0.05) is 6.07 Å². The van der Waals surface area contributed by atoms with Gasteiger partial charge in [0, 0.05) is 50.4 Å². The number of nitrogens with zero attached hydrogens (tertiary/aromatic N) is 4. The number of likely N-dealkylation sites (N-methyl/N-ethyl adjacent to an activating group) is 1. The van der Waals surface area contributed by atoms with Crippen LogP contribution in [0.25, 0.3) is 0 Å². The smallest absolute Gasteiger partial charge is 0.268 e. The molecule has 10 nitrogen and oxygen atoms in total. The lowest BCUT2D eigenvalue weighted by molar-refractivity contribution is -0.131. The van der Waals surface area contributed by atoms with Crippen LogP contribution >= 0.6 is 0 Å². The summed E-state index contributed by atoms with van der Waals surface area (Å²) in [6.45, 7) is 1.51. The van der Waals surface area contributed by atoms with Crippen molar-refractivity contribution in [2.75, 3.05) is 44.8 Å². The molecule has 3 aliphatic rings. The van der Waals surface area contributed by atoms with E-state index in [9.17, 15) is 14.4 Å². The van der Waals surface area contributed by atoms with Crippen molar-refractivity contribution in [2.24, 2.45) is 5.92 Å². The number of rotatable bonds is 10. The molecule has 1 atom stereocenters. The van der Waals surface area contributed by atoms with E-state index in [0.29, 0.717) is 54.9 Å². The molecule has 190 valence electrons. The fourth-order valence-electron chi connectivity index (χ4n) is 4.40. The predicted molar refractivity (Wildman–Crippen MR) is 130 cm³/mol. The van der Waals surface area contributed by atoms with Crippen LogP contribution in [0.4, 0.5) is 5.69 Å². The van der Waals surface area contributed by atoms with Crippen LogP contribution in [0, 0.1) is 5.92 Å². The molecular weight excluding hydrogens is 464 g/mol. The van der Waals surface area contributed by atoms with Gasteiger partial charge in [-0.15, -0.1) is 0 Å². The van der Waals surface area contributed by atoms with Crippen molar-refractivity contribution in [1.29, 1.82) is 0 Å². The fraction of sp³-hybridized carbons (Fsp3) is 0.462. The number of hydrogen-bond acceptors (Lipinski definition) is 7. The summed E-state index contributed by atoms with van der Waals surface area (Å²) in [7, 11) is 1.59. The van der Waals surface area contributed by atoms with Crippen molar-refractivity contribution in [3.8, 4) is 11.6 Å². The van der Waals surface area contributed by atoms with Crippen LogP contribution in [0.1, 0.15) is 35.2 Å². The highest BCUT2D eigenvalue weighted by Crippen LogP contribution is 2.31. The Hall–Kier alpha value is -3.66. The SMILES string of the molecule is CN(CCO)C(=O)CN1Cc2ccc(N3CCC(Oc4ccc(OCC5CC5)nc4)C3=O)cc2C1=O. The number of aromatic nitrogens is 1. The van der Waals surface area contributed by atoms with Crippen LogP contribution in [0.5, 0.6) is 11.6 Å². The molecule has 1 aromatic heterocycles. The van der Waals surface area contributed by atoms with E-state index in [1.165, 1.54) is 22.6 Å². The number of hydrogen-bond donors (Lipinski definition) is 1. The van der Waals surface area contributed by atoms with E-state index >= 15 is 0 Å². The topological polar surface area (TPSA) is 113 Å². The molecule has 3 amide bonds. The molecule has 0 radical (unpaired) electrons. The zero-order valence-corrected chi connectivity index (χ0v) is 20.3. The molecule has 0 bridgehead atoms. The Morgan fingerprint density at radius 1 is 1.19 bits per heavy atom. The molecule has 1 N–H and O–H groups in total. The van der Waals surface area contributed by atoms with E-state index in [2.05, 4.69) is 4.98 Å². The minimum absolute atomic E-state index is 0.0592. The summed E-state index contributed by atoms with van der Waals surface area (Å²) in [5.74, 6) is 1.04. The highest BCUT2D eigenvalue weighted by molar-refractivity contribution is 6.03. The first-order chi connectivity index (χ1) is 17.4. The van der Waals surface area contributed by atoms with Gasteiger partial charge >= 0.3 is 0 Å². The molecule has 1 aliphatic carbocycles. The maximum atomic E-state index is 13.1. The first kappa shape index (κ1) is 24.1. The van der Waals surface area contributed by atoms with Crippen molar-refractivity contribution in [3.63, 3.8) is 0 Å². The van der Waals surface area contributed by atoms with E-state index in [1.807, 2.05) is 12.1 Å². The maximum Gasteiger partial charge on any atom is 0.268 e. The normalized spacial score (nSPS) is 19.0. The van der Waals surface area contributed by atoms with Crippen molar-refractivity contribution in [3.05, 3.63) is 47.7 Å². The number of carbonyl (C=O) groups is 3. The minimum Gasteiger partial charge on any atom is -0.479 e. The summed E-state index contributed by atoms with van der Waals surface area (Å²) in [6.07, 6.45) is 3.87. The van der Waals surface area contributed by atoms with Gasteiger partial charge in [0.15, 0.2) is 6.10 Å². The van der Waals surface area contributed by atoms with Crippen molar-refractivity contribution in [1.82, 2.24) is 14.8 Å². The highest BCUT2D eigenvalue weighted by atomic mass is 16.5. The Kier molecular flexibility index (Phi) is 6.77. The predicted octanol–water partition coefficient (Wildman–Crippen LogP) is 1.46. The van der Waals surface area contributed by atoms with Crippen LogP contribution in [-0.4, -0.2) is 83.6 Å². The van der Waals surface area contributed by atoms with E-state index in [4.69, 9.17) is 14.6 Å². The summed E-state index contributed by atoms with van der Waals surface area (Å²) < 4.78 is 11.5. The highest BCUT2D eigenvalue weighted by Gasteiger charge is 2.36. The molecule has 1 unspecified atom stereocenters. The third-order valence-corrected chi connectivity index (χ3v) is 6.78. The Morgan fingerprint density at radius 3 is 2.75 bits per heavy atom. The molecule has 1 saturated heterocycles. The lowest BCUT2D eigenvalue weighted by atomic mass is 10.1. The summed E-state index contributed by atoms with van der Waals surface area (Å²) in [6, 6.07) is 8.87. The van der Waals surface area contributed by atoms with Gasteiger partial charge < -0.3 is 29.3 Å². The third-order valence-electron chi connectivity index (χ3n) is 6.78. The van der Waals surface area contributed by atoms with Crippen molar-refractivity contribution >= 4 is 23.4 Å². The summed E-state index contributed by atoms with van der Waals surface area (Å²) in [4.78, 5) is 47.1. The van der Waals surface area contributed by atoms with E-state index in [-0.39, 0.29) is 37.4 Å². The number of fused-ring (bicyclic) bond motifs is 1. The quantitative estimate of drug-likeness (QED) is 0.532. The number of anilines is 1. The van der Waals surface area contributed by atoms with Gasteiger partial charge in [-0.2, -0.15) is 0 Å². The van der Waals surface area contributed by atoms with E-state index in [1.54, 1.807) is 36.3 Å². The zero-order chi connectivity index (χ0) is 25.2. The average Bonchev–Trinajstić information content (AvgIpc) is 3.58. The molecule has 10 heteroatoms. The van der Waals surface area contributed by atoms with Gasteiger partial charge in [0.2, 0.25) is 11.8 Å². The molecule has 2 aliphatic heterocycles. The number of carbonyl (C=O) groups excluding carboxylic acids is 3. The summed E-state index contributed by atoms with van der Waals surface area (Å²) in [5.41, 5.74) is 1.94. The third kappa shape index (κ3) is 5.13. The molecule has 1 saturated carbocycles. The second kappa shape index (κ2) is 10.1. The molecule has 3 heterocycles. The van der Waals surface area contributed by atoms with Gasteiger partial charge in [-0.25, -0.2) is 4.98 Å².